The highest BCUT2D eigenvalue weighted by atomic mass is 35.5. The Morgan fingerprint density at radius 1 is 1.05 bits per heavy atom. The molecule has 4 aliphatic rings. The quantitative estimate of drug-likeness (QED) is 0.307. The Morgan fingerprint density at radius 2 is 1.84 bits per heavy atom. The van der Waals surface area contributed by atoms with E-state index in [4.69, 9.17) is 16.6 Å². The first-order valence-electron chi connectivity index (χ1n) is 15.1. The third-order valence-corrected chi connectivity index (χ3v) is 10.5. The number of halogens is 1. The van der Waals surface area contributed by atoms with E-state index < -0.39 is 6.04 Å². The van der Waals surface area contributed by atoms with Crippen molar-refractivity contribution in [1.29, 1.82) is 0 Å². The average molecular weight is 623 g/mol. The molecule has 7 rings (SSSR count). The number of carbonyl (C=O) groups is 3. The van der Waals surface area contributed by atoms with Crippen LogP contribution < -0.4 is 16.0 Å². The van der Waals surface area contributed by atoms with Gasteiger partial charge in [0.1, 0.15) is 6.04 Å². The Hall–Kier alpha value is -3.35. The zero-order chi connectivity index (χ0) is 29.7. The summed E-state index contributed by atoms with van der Waals surface area (Å²) in [5.41, 5.74) is 4.58. The fourth-order valence-corrected chi connectivity index (χ4v) is 7.72. The summed E-state index contributed by atoms with van der Waals surface area (Å²) in [5, 5.41) is 16.5. The van der Waals surface area contributed by atoms with Crippen LogP contribution in [0.2, 0.25) is 5.02 Å². The van der Waals surface area contributed by atoms with E-state index in [2.05, 4.69) is 26.0 Å². The number of anilines is 1. The number of aromatic nitrogens is 4. The van der Waals surface area contributed by atoms with Gasteiger partial charge in [0.25, 0.3) is 5.91 Å². The Balaban J connectivity index is 0.929. The van der Waals surface area contributed by atoms with E-state index in [0.717, 1.165) is 59.7 Å². The van der Waals surface area contributed by atoms with Crippen molar-refractivity contribution in [3.8, 4) is 11.3 Å². The third kappa shape index (κ3) is 5.80. The van der Waals surface area contributed by atoms with Crippen LogP contribution in [0.4, 0.5) is 5.95 Å². The molecular weight excluding hydrogens is 588 g/mol. The van der Waals surface area contributed by atoms with Crippen LogP contribution in [0.5, 0.6) is 0 Å². The highest BCUT2D eigenvalue weighted by molar-refractivity contribution is 7.10. The predicted molar refractivity (Wildman–Crippen MR) is 163 cm³/mol. The first-order valence-corrected chi connectivity index (χ1v) is 16.4. The van der Waals surface area contributed by atoms with E-state index in [1.165, 1.54) is 18.5 Å². The number of nitrogens with one attached hydrogen (secondary N) is 3. The number of hydrogen-bond donors (Lipinski definition) is 3. The van der Waals surface area contributed by atoms with Crippen molar-refractivity contribution in [1.82, 2.24) is 35.3 Å². The molecule has 1 saturated heterocycles. The molecule has 1 atom stereocenters. The molecule has 3 fully saturated rings. The van der Waals surface area contributed by atoms with Gasteiger partial charge in [-0.05, 0) is 62.8 Å². The van der Waals surface area contributed by atoms with Gasteiger partial charge >= 0.3 is 0 Å². The summed E-state index contributed by atoms with van der Waals surface area (Å²) in [6.45, 7) is 1.11. The topological polar surface area (TPSA) is 134 Å². The van der Waals surface area contributed by atoms with Gasteiger partial charge in [-0.1, -0.05) is 11.6 Å². The van der Waals surface area contributed by atoms with Crippen molar-refractivity contribution >= 4 is 46.6 Å². The molecule has 0 radical (unpaired) electrons. The minimum absolute atomic E-state index is 0.117. The molecule has 0 spiro atoms. The van der Waals surface area contributed by atoms with Gasteiger partial charge in [-0.15, -0.1) is 11.3 Å². The van der Waals surface area contributed by atoms with Crippen LogP contribution in [-0.2, 0) is 36.1 Å². The minimum Gasteiger partial charge on any atom is -0.351 e. The second kappa shape index (κ2) is 11.6. The smallest absolute Gasteiger partial charge is 0.256 e. The van der Waals surface area contributed by atoms with Gasteiger partial charge in [-0.2, -0.15) is 5.10 Å². The van der Waals surface area contributed by atoms with E-state index in [1.807, 2.05) is 23.3 Å². The number of aryl methyl sites for hydroxylation is 1. The van der Waals surface area contributed by atoms with Crippen LogP contribution in [0.1, 0.15) is 77.9 Å². The van der Waals surface area contributed by atoms with E-state index in [9.17, 15) is 14.4 Å². The SMILES string of the molecule is Cn1ncc(-c2nc(N[C@H]3CC[C@H](NCc4scc5c4CN(C4CCC(=O)NC4=O)C5=O)CC3)ncc2Cl)c1CC1CC1. The molecule has 43 heavy (non-hydrogen) atoms. The zero-order valence-corrected chi connectivity index (χ0v) is 25.6. The largest absolute Gasteiger partial charge is 0.351 e. The first-order chi connectivity index (χ1) is 20.8. The molecule has 2 aliphatic heterocycles. The summed E-state index contributed by atoms with van der Waals surface area (Å²) in [7, 11) is 1.98. The first kappa shape index (κ1) is 28.4. The van der Waals surface area contributed by atoms with Crippen LogP contribution in [0.15, 0.2) is 17.8 Å². The average Bonchev–Trinajstić information content (AvgIpc) is 3.50. The van der Waals surface area contributed by atoms with Crippen molar-refractivity contribution in [2.24, 2.45) is 13.0 Å². The molecular formula is C30H35ClN8O3S. The maximum Gasteiger partial charge on any atom is 0.256 e. The lowest BCUT2D eigenvalue weighted by atomic mass is 9.91. The second-order valence-electron chi connectivity index (χ2n) is 12.2. The van der Waals surface area contributed by atoms with Crippen molar-refractivity contribution in [2.45, 2.75) is 89.0 Å². The molecule has 2 saturated carbocycles. The summed E-state index contributed by atoms with van der Waals surface area (Å²) in [6.07, 6.45) is 11.7. The number of rotatable bonds is 9. The van der Waals surface area contributed by atoms with Gasteiger partial charge < -0.3 is 15.5 Å². The Bertz CT molecular complexity index is 1570. The number of carbonyl (C=O) groups excluding carboxylic acids is 3. The van der Waals surface area contributed by atoms with Crippen LogP contribution in [0.25, 0.3) is 11.3 Å². The molecule has 5 heterocycles. The number of imide groups is 1. The molecule has 1 unspecified atom stereocenters. The molecule has 3 N–H and O–H groups in total. The van der Waals surface area contributed by atoms with Crippen molar-refractivity contribution in [3.05, 3.63) is 44.5 Å². The maximum absolute atomic E-state index is 13.0. The summed E-state index contributed by atoms with van der Waals surface area (Å²) in [4.78, 5) is 49.0. The van der Waals surface area contributed by atoms with E-state index in [1.54, 1.807) is 22.4 Å². The molecule has 3 amide bonds. The molecule has 3 aromatic heterocycles. The van der Waals surface area contributed by atoms with Gasteiger partial charge in [0.05, 0.1) is 28.7 Å². The number of amides is 3. The monoisotopic (exact) mass is 622 g/mol. The van der Waals surface area contributed by atoms with Crippen molar-refractivity contribution in [2.75, 3.05) is 5.32 Å². The van der Waals surface area contributed by atoms with Crippen LogP contribution in [0.3, 0.4) is 0 Å². The molecule has 0 bridgehead atoms. The predicted octanol–water partition coefficient (Wildman–Crippen LogP) is 3.82. The van der Waals surface area contributed by atoms with Crippen molar-refractivity contribution < 1.29 is 14.4 Å². The third-order valence-electron chi connectivity index (χ3n) is 9.24. The molecule has 226 valence electrons. The van der Waals surface area contributed by atoms with E-state index in [0.29, 0.717) is 42.1 Å². The van der Waals surface area contributed by atoms with Gasteiger partial charge in [0, 0.05) is 60.2 Å². The standard InChI is InChI=1S/C30H35ClN8O3S/c1-38-24(10-16-2-3-16)19(11-34-38)27-22(31)12-33-30(37-27)35-18-6-4-17(5-7-18)32-13-25-20-14-39(29(42)21(20)15-43-25)23-8-9-26(40)36-28(23)41/h11-12,15-18,23,32H,2-10,13-14H2,1H3,(H,33,35,37)(H,36,40,41)/t17-,18-,23?. The summed E-state index contributed by atoms with van der Waals surface area (Å²) in [5.74, 6) is 0.557. The van der Waals surface area contributed by atoms with Crippen LogP contribution in [0, 0.1) is 5.92 Å². The highest BCUT2D eigenvalue weighted by Crippen LogP contribution is 2.37. The minimum atomic E-state index is -0.582. The Kier molecular flexibility index (Phi) is 7.68. The number of piperidine rings is 1. The van der Waals surface area contributed by atoms with Gasteiger partial charge in [0.2, 0.25) is 17.8 Å². The highest BCUT2D eigenvalue weighted by Gasteiger charge is 2.40. The summed E-state index contributed by atoms with van der Waals surface area (Å²) in [6, 6.07) is 0.0693. The number of hydrogen-bond acceptors (Lipinski definition) is 9. The molecule has 11 nitrogen and oxygen atoms in total. The lowest BCUT2D eigenvalue weighted by Crippen LogP contribution is -2.52. The Labute approximate surface area is 258 Å². The zero-order valence-electron chi connectivity index (χ0n) is 24.1. The fraction of sp³-hybridized carbons (Fsp3) is 0.533. The van der Waals surface area contributed by atoms with Crippen LogP contribution in [-0.4, -0.2) is 60.5 Å². The number of nitrogens with zero attached hydrogens (tertiary/aromatic N) is 5. The maximum atomic E-state index is 13.0. The number of thiophene rings is 1. The van der Waals surface area contributed by atoms with Crippen LogP contribution >= 0.6 is 22.9 Å². The molecule has 0 aromatic carbocycles. The summed E-state index contributed by atoms with van der Waals surface area (Å²) < 4.78 is 1.93. The number of fused-ring (bicyclic) bond motifs is 1. The summed E-state index contributed by atoms with van der Waals surface area (Å²) >= 11 is 8.15. The second-order valence-corrected chi connectivity index (χ2v) is 13.6. The van der Waals surface area contributed by atoms with E-state index in [-0.39, 0.29) is 30.2 Å². The molecule has 13 heteroatoms. The molecule has 2 aliphatic carbocycles. The Morgan fingerprint density at radius 3 is 2.60 bits per heavy atom. The van der Waals surface area contributed by atoms with Gasteiger partial charge in [-0.25, -0.2) is 9.97 Å². The van der Waals surface area contributed by atoms with Crippen molar-refractivity contribution in [3.63, 3.8) is 0 Å². The lowest BCUT2D eigenvalue weighted by Gasteiger charge is -2.30. The molecule has 3 aromatic rings. The van der Waals surface area contributed by atoms with Gasteiger partial charge in [-0.3, -0.25) is 24.4 Å². The van der Waals surface area contributed by atoms with E-state index >= 15 is 0 Å². The fourth-order valence-electron chi connectivity index (χ4n) is 6.54. The lowest BCUT2D eigenvalue weighted by molar-refractivity contribution is -0.136. The van der Waals surface area contributed by atoms with Gasteiger partial charge in [0.15, 0.2) is 0 Å². The normalized spacial score (nSPS) is 23.9.